The Labute approximate surface area is 83.3 Å². The first-order chi connectivity index (χ1) is 5.97. The van der Waals surface area contributed by atoms with E-state index in [1.54, 1.807) is 0 Å². The fraction of sp³-hybridized carbons (Fsp3) is 1.00. The van der Waals surface area contributed by atoms with Gasteiger partial charge in [-0.3, -0.25) is 0 Å². The van der Waals surface area contributed by atoms with Crippen molar-refractivity contribution in [2.75, 3.05) is 26.2 Å². The lowest BCUT2D eigenvalue weighted by Crippen LogP contribution is -2.30. The van der Waals surface area contributed by atoms with Gasteiger partial charge in [0, 0.05) is 19.6 Å². The van der Waals surface area contributed by atoms with Gasteiger partial charge < -0.3 is 16.8 Å². The molecule has 82 valence electrons. The summed E-state index contributed by atoms with van der Waals surface area (Å²) in [7, 11) is 0. The average molecular weight is 189 g/mol. The molecule has 0 spiro atoms. The number of rotatable bonds is 4. The Morgan fingerprint density at radius 1 is 1.08 bits per heavy atom. The van der Waals surface area contributed by atoms with Crippen molar-refractivity contribution in [2.45, 2.75) is 34.1 Å². The molecule has 3 heteroatoms. The molecule has 5 N–H and O–H groups in total. The summed E-state index contributed by atoms with van der Waals surface area (Å²) in [6, 6.07) is 0. The molecule has 0 atom stereocenters. The van der Waals surface area contributed by atoms with E-state index in [4.69, 9.17) is 11.5 Å². The van der Waals surface area contributed by atoms with Crippen LogP contribution in [0.4, 0.5) is 0 Å². The highest BCUT2D eigenvalue weighted by Gasteiger charge is 2.07. The van der Waals surface area contributed by atoms with Crippen molar-refractivity contribution in [3.63, 3.8) is 0 Å². The molecule has 0 aromatic heterocycles. The highest BCUT2D eigenvalue weighted by Crippen LogP contribution is 2.09. The van der Waals surface area contributed by atoms with Crippen LogP contribution in [-0.2, 0) is 0 Å². The van der Waals surface area contributed by atoms with Gasteiger partial charge >= 0.3 is 0 Å². The summed E-state index contributed by atoms with van der Waals surface area (Å²) in [5.74, 6) is 0. The molecule has 0 unspecified atom stereocenters. The average Bonchev–Trinajstić information content (AvgIpc) is 2.03. The maximum atomic E-state index is 5.30. The molecule has 3 nitrogen and oxygen atoms in total. The van der Waals surface area contributed by atoms with Crippen LogP contribution in [0.15, 0.2) is 0 Å². The van der Waals surface area contributed by atoms with Gasteiger partial charge in [-0.1, -0.05) is 27.7 Å². The van der Waals surface area contributed by atoms with Crippen LogP contribution in [0.3, 0.4) is 0 Å². The van der Waals surface area contributed by atoms with Gasteiger partial charge in [-0.05, 0) is 18.4 Å². The van der Waals surface area contributed by atoms with Crippen LogP contribution < -0.4 is 16.8 Å². The minimum atomic E-state index is 0.384. The maximum absolute atomic E-state index is 5.30. The lowest BCUT2D eigenvalue weighted by atomic mass is 9.97. The Balaban J connectivity index is 0. The zero-order chi connectivity index (χ0) is 10.7. The molecule has 0 aromatic rings. The molecule has 0 aromatic carbocycles. The molecule has 0 rings (SSSR count). The van der Waals surface area contributed by atoms with Crippen LogP contribution in [0.2, 0.25) is 0 Å². The second-order valence-electron chi connectivity index (χ2n) is 4.31. The van der Waals surface area contributed by atoms with E-state index < -0.39 is 0 Å². The van der Waals surface area contributed by atoms with Crippen LogP contribution in [0.25, 0.3) is 0 Å². The zero-order valence-corrected chi connectivity index (χ0v) is 9.69. The number of hydrogen-bond donors (Lipinski definition) is 3. The summed E-state index contributed by atoms with van der Waals surface area (Å²) in [5, 5.41) is 3.25. The van der Waals surface area contributed by atoms with E-state index in [9.17, 15) is 0 Å². The van der Waals surface area contributed by atoms with E-state index in [2.05, 4.69) is 33.0 Å². The third kappa shape index (κ3) is 24.5. The highest BCUT2D eigenvalue weighted by atomic mass is 14.9. The third-order valence-electron chi connectivity index (χ3n) is 1.27. The van der Waals surface area contributed by atoms with E-state index in [-0.39, 0.29) is 0 Å². The lowest BCUT2D eigenvalue weighted by molar-refractivity contribution is 0.383. The van der Waals surface area contributed by atoms with Crippen molar-refractivity contribution < 1.29 is 0 Å². The number of nitrogens with two attached hydrogens (primary N) is 2. The Hall–Kier alpha value is -0.120. The quantitative estimate of drug-likeness (QED) is 0.577. The fourth-order valence-corrected chi connectivity index (χ4v) is 0.565. The van der Waals surface area contributed by atoms with Crippen molar-refractivity contribution in [1.29, 1.82) is 0 Å². The monoisotopic (exact) mass is 189 g/mol. The van der Waals surface area contributed by atoms with Crippen LogP contribution in [0.5, 0.6) is 0 Å². The minimum Gasteiger partial charge on any atom is -0.330 e. The summed E-state index contributed by atoms with van der Waals surface area (Å²) >= 11 is 0. The van der Waals surface area contributed by atoms with Gasteiger partial charge in [-0.2, -0.15) is 0 Å². The van der Waals surface area contributed by atoms with Crippen molar-refractivity contribution in [3.8, 4) is 0 Å². The molecule has 0 saturated heterocycles. The van der Waals surface area contributed by atoms with Gasteiger partial charge in [0.25, 0.3) is 0 Å². The molecule has 0 radical (unpaired) electrons. The van der Waals surface area contributed by atoms with Crippen LogP contribution in [0, 0.1) is 5.41 Å². The van der Waals surface area contributed by atoms with Crippen LogP contribution >= 0.6 is 0 Å². The van der Waals surface area contributed by atoms with E-state index in [1.807, 2.05) is 0 Å². The first kappa shape index (κ1) is 15.4. The second-order valence-corrected chi connectivity index (χ2v) is 4.31. The molecule has 0 aliphatic heterocycles. The zero-order valence-electron chi connectivity index (χ0n) is 9.69. The molecular weight excluding hydrogens is 162 g/mol. The maximum Gasteiger partial charge on any atom is 0.00747 e. The van der Waals surface area contributed by atoms with Crippen LogP contribution in [0.1, 0.15) is 34.1 Å². The van der Waals surface area contributed by atoms with Crippen LogP contribution in [-0.4, -0.2) is 26.2 Å². The Morgan fingerprint density at radius 2 is 1.54 bits per heavy atom. The third-order valence-corrected chi connectivity index (χ3v) is 1.27. The van der Waals surface area contributed by atoms with Gasteiger partial charge in [0.05, 0.1) is 0 Å². The molecule has 0 bridgehead atoms. The minimum absolute atomic E-state index is 0.384. The van der Waals surface area contributed by atoms with Crippen molar-refractivity contribution in [3.05, 3.63) is 0 Å². The summed E-state index contributed by atoms with van der Waals surface area (Å²) < 4.78 is 0. The predicted molar refractivity (Wildman–Crippen MR) is 60.7 cm³/mol. The highest BCUT2D eigenvalue weighted by molar-refractivity contribution is 4.64. The number of hydrogen-bond acceptors (Lipinski definition) is 3. The topological polar surface area (TPSA) is 64.1 Å². The molecule has 0 aliphatic rings. The normalized spacial score (nSPS) is 10.6. The van der Waals surface area contributed by atoms with E-state index in [1.165, 1.54) is 0 Å². The van der Waals surface area contributed by atoms with Crippen molar-refractivity contribution in [1.82, 2.24) is 5.32 Å². The lowest BCUT2D eigenvalue weighted by Gasteiger charge is -2.18. The van der Waals surface area contributed by atoms with E-state index >= 15 is 0 Å². The standard InChI is InChI=1S/C7H18N2.C3H9N/c1-7(2,3)6-9-5-4-8;1-2-3-4/h9H,4-6,8H2,1-3H3;2-4H2,1H3. The summed E-state index contributed by atoms with van der Waals surface area (Å²) in [5.41, 5.74) is 10.7. The summed E-state index contributed by atoms with van der Waals surface area (Å²) in [6.07, 6.45) is 1.10. The first-order valence-electron chi connectivity index (χ1n) is 5.08. The van der Waals surface area contributed by atoms with Gasteiger partial charge in [-0.25, -0.2) is 0 Å². The smallest absolute Gasteiger partial charge is 0.00747 e. The van der Waals surface area contributed by atoms with Gasteiger partial charge in [0.15, 0.2) is 0 Å². The van der Waals surface area contributed by atoms with Gasteiger partial charge in [-0.15, -0.1) is 0 Å². The Kier molecular flexibility index (Phi) is 11.8. The SMILES string of the molecule is CC(C)(C)CNCCN.CCCN. The Bertz CT molecular complexity index is 84.7. The van der Waals surface area contributed by atoms with Gasteiger partial charge in [0.2, 0.25) is 0 Å². The molecule has 13 heavy (non-hydrogen) atoms. The molecule has 0 aliphatic carbocycles. The van der Waals surface area contributed by atoms with Crippen molar-refractivity contribution >= 4 is 0 Å². The van der Waals surface area contributed by atoms with E-state index in [0.717, 1.165) is 32.6 Å². The molecule has 0 heterocycles. The van der Waals surface area contributed by atoms with Gasteiger partial charge in [0.1, 0.15) is 0 Å². The number of nitrogens with one attached hydrogen (secondary N) is 1. The largest absolute Gasteiger partial charge is 0.330 e. The first-order valence-corrected chi connectivity index (χ1v) is 5.08. The van der Waals surface area contributed by atoms with E-state index in [0.29, 0.717) is 5.41 Å². The Morgan fingerprint density at radius 3 is 1.77 bits per heavy atom. The predicted octanol–water partition coefficient (Wildman–Crippen LogP) is 0.936. The molecule has 0 amide bonds. The molecule has 0 fully saturated rings. The van der Waals surface area contributed by atoms with Crippen molar-refractivity contribution in [2.24, 2.45) is 16.9 Å². The summed E-state index contributed by atoms with van der Waals surface area (Å²) in [6.45, 7) is 12.2. The summed E-state index contributed by atoms with van der Waals surface area (Å²) in [4.78, 5) is 0. The fourth-order valence-electron chi connectivity index (χ4n) is 0.565. The second kappa shape index (κ2) is 9.96. The molecular formula is C10H27N3. The molecule has 0 saturated carbocycles.